The molecule has 1 heteroatoms. The van der Waals surface area contributed by atoms with Crippen molar-refractivity contribution in [2.75, 3.05) is 13.1 Å². The summed E-state index contributed by atoms with van der Waals surface area (Å²) in [7, 11) is 0. The fourth-order valence-electron chi connectivity index (χ4n) is 3.05. The van der Waals surface area contributed by atoms with E-state index in [1.54, 1.807) is 0 Å². The van der Waals surface area contributed by atoms with Crippen LogP contribution in [0.25, 0.3) is 0 Å². The maximum Gasteiger partial charge on any atom is 0.0320 e. The van der Waals surface area contributed by atoms with Crippen LogP contribution in [0.4, 0.5) is 0 Å². The van der Waals surface area contributed by atoms with Crippen molar-refractivity contribution in [3.63, 3.8) is 0 Å². The Bertz CT molecular complexity index is 320. The highest BCUT2D eigenvalue weighted by molar-refractivity contribution is 5.18. The van der Waals surface area contributed by atoms with E-state index in [-0.39, 0.29) is 0 Å². The molecule has 0 N–H and O–H groups in total. The van der Waals surface area contributed by atoms with Gasteiger partial charge in [0.05, 0.1) is 0 Å². The lowest BCUT2D eigenvalue weighted by Crippen LogP contribution is -2.24. The molecule has 0 bridgehead atoms. The van der Waals surface area contributed by atoms with Crippen LogP contribution in [0.2, 0.25) is 0 Å². The Morgan fingerprint density at radius 3 is 2.20 bits per heavy atom. The molecule has 2 unspecified atom stereocenters. The van der Waals surface area contributed by atoms with Gasteiger partial charge < -0.3 is 0 Å². The van der Waals surface area contributed by atoms with Gasteiger partial charge in [0, 0.05) is 19.1 Å². The second-order valence-corrected chi connectivity index (χ2v) is 5.14. The minimum Gasteiger partial charge on any atom is -0.296 e. The number of hydrogen-bond acceptors (Lipinski definition) is 1. The second kappa shape index (κ2) is 3.64. The zero-order chi connectivity index (χ0) is 10.3. The average molecular weight is 201 g/mol. The lowest BCUT2D eigenvalue weighted by Gasteiger charge is -2.28. The number of likely N-dealkylation sites (tertiary alicyclic amines) is 1. The van der Waals surface area contributed by atoms with Gasteiger partial charge in [0.1, 0.15) is 0 Å². The Labute approximate surface area is 92.1 Å². The van der Waals surface area contributed by atoms with Crippen molar-refractivity contribution in [1.82, 2.24) is 4.90 Å². The van der Waals surface area contributed by atoms with Gasteiger partial charge in [-0.05, 0) is 37.2 Å². The lowest BCUT2D eigenvalue weighted by atomic mass is 9.77. The highest BCUT2D eigenvalue weighted by atomic mass is 15.2. The molecule has 0 spiro atoms. The molecule has 1 nitrogen and oxygen atoms in total. The molecule has 1 heterocycles. The number of hydrogen-bond donors (Lipinski definition) is 0. The fourth-order valence-corrected chi connectivity index (χ4v) is 3.05. The van der Waals surface area contributed by atoms with Crippen molar-refractivity contribution in [2.24, 2.45) is 11.8 Å². The third-order valence-electron chi connectivity index (χ3n) is 4.34. The highest BCUT2D eigenvalue weighted by Gasteiger charge is 2.40. The zero-order valence-electron chi connectivity index (χ0n) is 9.39. The van der Waals surface area contributed by atoms with Crippen LogP contribution in [0, 0.1) is 11.8 Å². The van der Waals surface area contributed by atoms with Crippen LogP contribution in [0.15, 0.2) is 30.3 Å². The third-order valence-corrected chi connectivity index (χ3v) is 4.34. The van der Waals surface area contributed by atoms with Gasteiger partial charge in [-0.3, -0.25) is 4.90 Å². The van der Waals surface area contributed by atoms with Gasteiger partial charge in [-0.1, -0.05) is 30.3 Å². The van der Waals surface area contributed by atoms with Gasteiger partial charge in [-0.2, -0.15) is 0 Å². The molecule has 1 saturated heterocycles. The van der Waals surface area contributed by atoms with Crippen LogP contribution in [-0.4, -0.2) is 18.0 Å². The first-order chi connectivity index (χ1) is 7.34. The van der Waals surface area contributed by atoms with E-state index in [9.17, 15) is 0 Å². The van der Waals surface area contributed by atoms with E-state index in [1.165, 1.54) is 31.5 Å². The minimum atomic E-state index is 0.608. The van der Waals surface area contributed by atoms with Crippen molar-refractivity contribution in [1.29, 1.82) is 0 Å². The normalized spacial score (nSPS) is 32.1. The van der Waals surface area contributed by atoms with Gasteiger partial charge in [0.15, 0.2) is 0 Å². The third kappa shape index (κ3) is 1.59. The van der Waals surface area contributed by atoms with Crippen LogP contribution < -0.4 is 0 Å². The van der Waals surface area contributed by atoms with E-state index in [1.807, 2.05) is 0 Å². The van der Waals surface area contributed by atoms with Crippen LogP contribution in [0.1, 0.15) is 31.4 Å². The Kier molecular flexibility index (Phi) is 2.28. The molecule has 80 valence electrons. The summed E-state index contributed by atoms with van der Waals surface area (Å²) >= 11 is 0. The number of fused-ring (bicyclic) bond motifs is 1. The molecule has 1 aliphatic carbocycles. The van der Waals surface area contributed by atoms with Crippen molar-refractivity contribution >= 4 is 0 Å². The quantitative estimate of drug-likeness (QED) is 0.710. The van der Waals surface area contributed by atoms with Crippen molar-refractivity contribution in [3.8, 4) is 0 Å². The summed E-state index contributed by atoms with van der Waals surface area (Å²) in [5.74, 6) is 2.05. The van der Waals surface area contributed by atoms with Crippen molar-refractivity contribution in [3.05, 3.63) is 35.9 Å². The Morgan fingerprint density at radius 2 is 1.67 bits per heavy atom. The van der Waals surface area contributed by atoms with Crippen LogP contribution in [-0.2, 0) is 0 Å². The van der Waals surface area contributed by atoms with E-state index in [0.717, 1.165) is 11.8 Å². The van der Waals surface area contributed by atoms with E-state index < -0.39 is 0 Å². The van der Waals surface area contributed by atoms with Crippen LogP contribution >= 0.6 is 0 Å². The topological polar surface area (TPSA) is 3.24 Å². The molecular weight excluding hydrogens is 182 g/mol. The Morgan fingerprint density at radius 1 is 1.07 bits per heavy atom. The first-order valence-corrected chi connectivity index (χ1v) is 6.13. The van der Waals surface area contributed by atoms with Gasteiger partial charge in [0.2, 0.25) is 0 Å². The fraction of sp³-hybridized carbons (Fsp3) is 0.571. The average Bonchev–Trinajstić information content (AvgIpc) is 2.55. The maximum atomic E-state index is 2.66. The van der Waals surface area contributed by atoms with Gasteiger partial charge in [-0.25, -0.2) is 0 Å². The monoisotopic (exact) mass is 201 g/mol. The molecule has 1 aromatic carbocycles. The van der Waals surface area contributed by atoms with Gasteiger partial charge >= 0.3 is 0 Å². The SMILES string of the molecule is C[C@H](c1ccccc1)N1CC2CCC2C1. The molecular formula is C14H19N. The molecule has 3 atom stereocenters. The summed E-state index contributed by atoms with van der Waals surface area (Å²) in [4.78, 5) is 2.66. The molecule has 15 heavy (non-hydrogen) atoms. The molecule has 0 aromatic heterocycles. The molecule has 2 aliphatic rings. The molecule has 1 saturated carbocycles. The number of benzene rings is 1. The smallest absolute Gasteiger partial charge is 0.0320 e. The molecule has 2 fully saturated rings. The van der Waals surface area contributed by atoms with E-state index in [4.69, 9.17) is 0 Å². The number of nitrogens with zero attached hydrogens (tertiary/aromatic N) is 1. The summed E-state index contributed by atoms with van der Waals surface area (Å²) in [6.07, 6.45) is 2.95. The molecule has 1 aliphatic heterocycles. The lowest BCUT2D eigenvalue weighted by molar-refractivity contribution is 0.243. The van der Waals surface area contributed by atoms with E-state index in [0.29, 0.717) is 6.04 Å². The summed E-state index contributed by atoms with van der Waals surface area (Å²) < 4.78 is 0. The summed E-state index contributed by atoms with van der Waals surface area (Å²) in [6, 6.07) is 11.5. The number of rotatable bonds is 2. The van der Waals surface area contributed by atoms with Crippen molar-refractivity contribution < 1.29 is 0 Å². The van der Waals surface area contributed by atoms with Crippen LogP contribution in [0.5, 0.6) is 0 Å². The Balaban J connectivity index is 1.72. The summed E-state index contributed by atoms with van der Waals surface area (Å²) in [5, 5.41) is 0. The molecule has 0 amide bonds. The van der Waals surface area contributed by atoms with E-state index in [2.05, 4.69) is 42.2 Å². The van der Waals surface area contributed by atoms with Crippen molar-refractivity contribution in [2.45, 2.75) is 25.8 Å². The maximum absolute atomic E-state index is 2.66. The Hall–Kier alpha value is -0.820. The van der Waals surface area contributed by atoms with Gasteiger partial charge in [-0.15, -0.1) is 0 Å². The van der Waals surface area contributed by atoms with E-state index >= 15 is 0 Å². The molecule has 3 rings (SSSR count). The first kappa shape index (κ1) is 9.41. The molecule has 1 aromatic rings. The predicted molar refractivity (Wildman–Crippen MR) is 62.6 cm³/mol. The molecule has 0 radical (unpaired) electrons. The highest BCUT2D eigenvalue weighted by Crippen LogP contribution is 2.43. The first-order valence-electron chi connectivity index (χ1n) is 6.13. The minimum absolute atomic E-state index is 0.608. The predicted octanol–water partition coefficient (Wildman–Crippen LogP) is 3.09. The largest absolute Gasteiger partial charge is 0.296 e. The van der Waals surface area contributed by atoms with Crippen LogP contribution in [0.3, 0.4) is 0 Å². The zero-order valence-corrected chi connectivity index (χ0v) is 9.39. The summed E-state index contributed by atoms with van der Waals surface area (Å²) in [6.45, 7) is 5.02. The standard InChI is InChI=1S/C14H19N/c1-11(12-5-3-2-4-6-12)15-9-13-7-8-14(13)10-15/h2-6,11,13-14H,7-10H2,1H3/t11-,13?,14?/m1/s1. The second-order valence-electron chi connectivity index (χ2n) is 5.14. The van der Waals surface area contributed by atoms with Gasteiger partial charge in [0.25, 0.3) is 0 Å². The summed E-state index contributed by atoms with van der Waals surface area (Å²) in [5.41, 5.74) is 1.47.